The number of anilines is 1. The molecule has 2 rings (SSSR count). The maximum atomic E-state index is 11.9. The topological polar surface area (TPSA) is 85.9 Å². The maximum absolute atomic E-state index is 11.9. The number of benzene rings is 2. The number of carbonyl (C=O) groups excluding carboxylic acids is 1. The zero-order valence-electron chi connectivity index (χ0n) is 13.4. The maximum Gasteiger partial charge on any atom is 0.244 e. The van der Waals surface area contributed by atoms with E-state index in [4.69, 9.17) is 15.2 Å². The van der Waals surface area contributed by atoms with Gasteiger partial charge in [0.2, 0.25) is 5.91 Å². The molecule has 0 spiro atoms. The predicted octanol–water partition coefficient (Wildman–Crippen LogP) is 2.74. The third-order valence-electron chi connectivity index (χ3n) is 3.21. The number of amides is 1. The summed E-state index contributed by atoms with van der Waals surface area (Å²) in [5.74, 6) is 0.885. The first kappa shape index (κ1) is 17.8. The van der Waals surface area contributed by atoms with Crippen LogP contribution in [0.25, 0.3) is 0 Å². The van der Waals surface area contributed by atoms with Gasteiger partial charge in [-0.3, -0.25) is 4.79 Å². The highest BCUT2D eigenvalue weighted by Gasteiger charge is 2.10. The minimum absolute atomic E-state index is 0.219. The summed E-state index contributed by atoms with van der Waals surface area (Å²) in [4.78, 5) is 11.9. The molecule has 1 amide bonds. The van der Waals surface area contributed by atoms with Gasteiger partial charge in [0.15, 0.2) is 11.5 Å². The zero-order valence-corrected chi connectivity index (χ0v) is 15.0. The lowest BCUT2D eigenvalue weighted by Gasteiger charge is -2.10. The fourth-order valence-corrected chi connectivity index (χ4v) is 2.54. The zero-order chi connectivity index (χ0) is 17.5. The van der Waals surface area contributed by atoms with Crippen molar-refractivity contribution >= 4 is 33.7 Å². The molecule has 0 bridgehead atoms. The number of hydrogen-bond acceptors (Lipinski definition) is 5. The van der Waals surface area contributed by atoms with Crippen LogP contribution in [0.1, 0.15) is 11.1 Å². The van der Waals surface area contributed by atoms with Crippen molar-refractivity contribution in [3.05, 3.63) is 52.0 Å². The van der Waals surface area contributed by atoms with Crippen LogP contribution in [0.2, 0.25) is 0 Å². The van der Waals surface area contributed by atoms with E-state index in [-0.39, 0.29) is 12.3 Å². The van der Waals surface area contributed by atoms with Crippen LogP contribution < -0.4 is 20.6 Å². The molecule has 0 aliphatic rings. The van der Waals surface area contributed by atoms with E-state index in [0.717, 1.165) is 10.0 Å². The van der Waals surface area contributed by atoms with Gasteiger partial charge >= 0.3 is 0 Å². The van der Waals surface area contributed by atoms with E-state index >= 15 is 0 Å². The number of hydrazone groups is 1. The number of ether oxygens (including phenoxy) is 2. The molecule has 0 atom stereocenters. The second-order valence-corrected chi connectivity index (χ2v) is 5.86. The molecule has 2 aromatic carbocycles. The van der Waals surface area contributed by atoms with Crippen LogP contribution in [0.4, 0.5) is 5.69 Å². The first-order chi connectivity index (χ1) is 11.5. The molecule has 7 heteroatoms. The normalized spacial score (nSPS) is 10.6. The molecular formula is C17H18BrN3O3. The number of carbonyl (C=O) groups is 1. The molecule has 0 aliphatic heterocycles. The van der Waals surface area contributed by atoms with E-state index in [1.165, 1.54) is 6.21 Å². The molecular weight excluding hydrogens is 374 g/mol. The van der Waals surface area contributed by atoms with Crippen LogP contribution in [-0.2, 0) is 11.2 Å². The highest BCUT2D eigenvalue weighted by molar-refractivity contribution is 9.10. The van der Waals surface area contributed by atoms with Crippen LogP contribution in [0.5, 0.6) is 11.5 Å². The summed E-state index contributed by atoms with van der Waals surface area (Å²) in [7, 11) is 3.10. The lowest BCUT2D eigenvalue weighted by atomic mass is 10.1. The Morgan fingerprint density at radius 3 is 2.58 bits per heavy atom. The van der Waals surface area contributed by atoms with Gasteiger partial charge in [-0.05, 0) is 29.8 Å². The Balaban J connectivity index is 2.04. The fourth-order valence-electron chi connectivity index (χ4n) is 2.09. The summed E-state index contributed by atoms with van der Waals surface area (Å²) in [5, 5.41) is 3.97. The molecule has 3 N–H and O–H groups in total. The third kappa shape index (κ3) is 4.73. The lowest BCUT2D eigenvalue weighted by Crippen LogP contribution is -2.19. The van der Waals surface area contributed by atoms with Crippen molar-refractivity contribution in [1.29, 1.82) is 0 Å². The second kappa shape index (κ2) is 8.35. The van der Waals surface area contributed by atoms with Crippen molar-refractivity contribution in [3.63, 3.8) is 0 Å². The largest absolute Gasteiger partial charge is 0.493 e. The molecule has 0 fully saturated rings. The molecule has 0 saturated carbocycles. The van der Waals surface area contributed by atoms with Crippen LogP contribution in [-0.4, -0.2) is 26.3 Å². The third-order valence-corrected chi connectivity index (χ3v) is 3.67. The van der Waals surface area contributed by atoms with Gasteiger partial charge in [-0.25, -0.2) is 5.43 Å². The van der Waals surface area contributed by atoms with Crippen LogP contribution >= 0.6 is 15.9 Å². The van der Waals surface area contributed by atoms with Gasteiger partial charge in [0.05, 0.1) is 26.9 Å². The van der Waals surface area contributed by atoms with Crippen molar-refractivity contribution in [2.45, 2.75) is 6.42 Å². The first-order valence-electron chi connectivity index (χ1n) is 7.11. The molecule has 0 unspecified atom stereocenters. The second-order valence-electron chi connectivity index (χ2n) is 4.94. The van der Waals surface area contributed by atoms with Gasteiger partial charge in [-0.1, -0.05) is 28.1 Å². The molecule has 2 aromatic rings. The first-order valence-corrected chi connectivity index (χ1v) is 7.90. The summed E-state index contributed by atoms with van der Waals surface area (Å²) in [6.07, 6.45) is 1.73. The van der Waals surface area contributed by atoms with Crippen molar-refractivity contribution < 1.29 is 14.3 Å². The van der Waals surface area contributed by atoms with Gasteiger partial charge in [0, 0.05) is 15.7 Å². The summed E-state index contributed by atoms with van der Waals surface area (Å²) >= 11 is 3.39. The van der Waals surface area contributed by atoms with Crippen molar-refractivity contribution in [2.24, 2.45) is 5.10 Å². The van der Waals surface area contributed by atoms with Crippen LogP contribution in [0.15, 0.2) is 46.0 Å². The van der Waals surface area contributed by atoms with Gasteiger partial charge in [0.1, 0.15) is 0 Å². The van der Waals surface area contributed by atoms with Gasteiger partial charge in [0.25, 0.3) is 0 Å². The molecule has 0 radical (unpaired) electrons. The molecule has 6 nitrogen and oxygen atoms in total. The van der Waals surface area contributed by atoms with Gasteiger partial charge < -0.3 is 15.2 Å². The highest BCUT2D eigenvalue weighted by atomic mass is 79.9. The molecule has 0 saturated heterocycles. The molecule has 0 aromatic heterocycles. The molecule has 0 heterocycles. The van der Waals surface area contributed by atoms with E-state index in [0.29, 0.717) is 22.7 Å². The van der Waals surface area contributed by atoms with E-state index in [1.54, 1.807) is 44.6 Å². The Morgan fingerprint density at radius 1 is 1.25 bits per heavy atom. The Morgan fingerprint density at radius 2 is 1.96 bits per heavy atom. The van der Waals surface area contributed by atoms with Gasteiger partial charge in [-0.2, -0.15) is 5.10 Å². The average Bonchev–Trinajstić information content (AvgIpc) is 2.56. The number of rotatable bonds is 6. The minimum Gasteiger partial charge on any atom is -0.493 e. The van der Waals surface area contributed by atoms with E-state index in [9.17, 15) is 4.79 Å². The number of nitrogens with two attached hydrogens (primary N) is 1. The van der Waals surface area contributed by atoms with Crippen molar-refractivity contribution in [3.8, 4) is 11.5 Å². The summed E-state index contributed by atoms with van der Waals surface area (Å²) < 4.78 is 11.4. The Kier molecular flexibility index (Phi) is 6.20. The van der Waals surface area contributed by atoms with Crippen LogP contribution in [0, 0.1) is 0 Å². The quantitative estimate of drug-likeness (QED) is 0.450. The monoisotopic (exact) mass is 391 g/mol. The van der Waals surface area contributed by atoms with E-state index in [2.05, 4.69) is 26.5 Å². The Bertz CT molecular complexity index is 745. The van der Waals surface area contributed by atoms with E-state index in [1.807, 2.05) is 6.07 Å². The van der Waals surface area contributed by atoms with Crippen molar-refractivity contribution in [2.75, 3.05) is 20.0 Å². The number of hydrogen-bond donors (Lipinski definition) is 2. The van der Waals surface area contributed by atoms with Crippen molar-refractivity contribution in [1.82, 2.24) is 5.43 Å². The minimum atomic E-state index is -0.225. The predicted molar refractivity (Wildman–Crippen MR) is 97.5 cm³/mol. The lowest BCUT2D eigenvalue weighted by molar-refractivity contribution is -0.120. The van der Waals surface area contributed by atoms with E-state index < -0.39 is 0 Å². The van der Waals surface area contributed by atoms with Crippen LogP contribution in [0.3, 0.4) is 0 Å². The summed E-state index contributed by atoms with van der Waals surface area (Å²) in [6.45, 7) is 0. The molecule has 0 aliphatic carbocycles. The standard InChI is InChI=1S/C17H18BrN3O3/c1-23-15-9-13(18)8-12(17(15)24-2)10-20-21-16(22)7-11-3-5-14(19)6-4-11/h3-6,8-10H,7,19H2,1-2H3,(H,21,22)/b20-10-. The fraction of sp³-hybridized carbons (Fsp3) is 0.176. The summed E-state index contributed by atoms with van der Waals surface area (Å²) in [6, 6.07) is 10.7. The average molecular weight is 392 g/mol. The highest BCUT2D eigenvalue weighted by Crippen LogP contribution is 2.33. The SMILES string of the molecule is COc1cc(Br)cc(/C=N\NC(=O)Cc2ccc(N)cc2)c1OC. The molecule has 24 heavy (non-hydrogen) atoms. The smallest absolute Gasteiger partial charge is 0.244 e. The number of nitrogens with one attached hydrogen (secondary N) is 1. The molecule has 126 valence electrons. The van der Waals surface area contributed by atoms with Gasteiger partial charge in [-0.15, -0.1) is 0 Å². The number of methoxy groups -OCH3 is 2. The Hall–Kier alpha value is -2.54. The number of halogens is 1. The number of nitrogen functional groups attached to an aromatic ring is 1. The Labute approximate surface area is 148 Å². The number of nitrogens with zero attached hydrogens (tertiary/aromatic N) is 1. The summed E-state index contributed by atoms with van der Waals surface area (Å²) in [5.41, 5.74) is 10.3.